The molecule has 0 spiro atoms. The molecule has 1 amide bonds. The molecule has 3 N–H and O–H groups in total. The van der Waals surface area contributed by atoms with Crippen LogP contribution in [0.4, 0.5) is 5.69 Å². The number of amides is 1. The van der Waals surface area contributed by atoms with E-state index in [1.807, 2.05) is 48.5 Å². The van der Waals surface area contributed by atoms with Crippen LogP contribution < -0.4 is 16.0 Å². The maximum Gasteiger partial charge on any atom is 0.255 e. The maximum absolute atomic E-state index is 12.2. The van der Waals surface area contributed by atoms with Gasteiger partial charge in [0.1, 0.15) is 0 Å². The summed E-state index contributed by atoms with van der Waals surface area (Å²) in [5.74, 6) is -0.0802. The zero-order chi connectivity index (χ0) is 16.1. The van der Waals surface area contributed by atoms with Crippen molar-refractivity contribution in [3.8, 4) is 0 Å². The Morgan fingerprint density at radius 1 is 1.17 bits per heavy atom. The zero-order valence-electron chi connectivity index (χ0n) is 13.4. The lowest BCUT2D eigenvalue weighted by atomic mass is 10.1. The van der Waals surface area contributed by atoms with Gasteiger partial charge < -0.3 is 16.0 Å². The smallest absolute Gasteiger partial charge is 0.255 e. The van der Waals surface area contributed by atoms with Gasteiger partial charge in [-0.1, -0.05) is 30.3 Å². The Labute approximate surface area is 137 Å². The van der Waals surface area contributed by atoms with E-state index >= 15 is 0 Å². The first-order chi connectivity index (χ1) is 11.2. The van der Waals surface area contributed by atoms with E-state index in [4.69, 9.17) is 0 Å². The second-order valence-corrected chi connectivity index (χ2v) is 6.02. The van der Waals surface area contributed by atoms with Gasteiger partial charge in [-0.25, -0.2) is 0 Å². The molecule has 2 aromatic rings. The molecule has 0 bridgehead atoms. The third-order valence-electron chi connectivity index (χ3n) is 4.23. The Morgan fingerprint density at radius 2 is 2.00 bits per heavy atom. The summed E-state index contributed by atoms with van der Waals surface area (Å²) >= 11 is 0. The van der Waals surface area contributed by atoms with Crippen molar-refractivity contribution in [3.05, 3.63) is 65.7 Å². The van der Waals surface area contributed by atoms with Crippen LogP contribution in [-0.4, -0.2) is 25.0 Å². The number of anilines is 1. The average molecular weight is 309 g/mol. The monoisotopic (exact) mass is 309 g/mol. The highest BCUT2D eigenvalue weighted by Gasteiger charge is 2.17. The average Bonchev–Trinajstić information content (AvgIpc) is 3.09. The number of carbonyl (C=O) groups is 1. The third kappa shape index (κ3) is 4.18. The van der Waals surface area contributed by atoms with Crippen molar-refractivity contribution in [1.29, 1.82) is 0 Å². The molecule has 4 nitrogen and oxygen atoms in total. The third-order valence-corrected chi connectivity index (χ3v) is 4.23. The maximum atomic E-state index is 12.2. The van der Waals surface area contributed by atoms with Crippen LogP contribution in [0.15, 0.2) is 54.6 Å². The fraction of sp³-hybridized carbons (Fsp3) is 0.316. The van der Waals surface area contributed by atoms with E-state index in [1.165, 1.54) is 5.56 Å². The van der Waals surface area contributed by atoms with Crippen molar-refractivity contribution < 1.29 is 4.79 Å². The van der Waals surface area contributed by atoms with Gasteiger partial charge in [0, 0.05) is 29.9 Å². The van der Waals surface area contributed by atoms with Crippen LogP contribution in [0.1, 0.15) is 35.3 Å². The van der Waals surface area contributed by atoms with Crippen molar-refractivity contribution in [1.82, 2.24) is 10.6 Å². The molecule has 0 aliphatic carbocycles. The molecule has 3 rings (SSSR count). The van der Waals surface area contributed by atoms with E-state index in [-0.39, 0.29) is 11.9 Å². The Balaban J connectivity index is 1.66. The van der Waals surface area contributed by atoms with Crippen molar-refractivity contribution in [3.63, 3.8) is 0 Å². The van der Waals surface area contributed by atoms with Gasteiger partial charge in [0.2, 0.25) is 0 Å². The van der Waals surface area contributed by atoms with E-state index < -0.39 is 0 Å². The van der Waals surface area contributed by atoms with Crippen LogP contribution in [0.5, 0.6) is 0 Å². The number of rotatable bonds is 5. The fourth-order valence-electron chi connectivity index (χ4n) is 2.93. The molecule has 2 aromatic carbocycles. The SMILES string of the molecule is CC(NC1CCNC1)c1cccc(NC(=O)c2ccccc2)c1. The van der Waals surface area contributed by atoms with Crippen LogP contribution in [0.2, 0.25) is 0 Å². The molecule has 120 valence electrons. The van der Waals surface area contributed by atoms with E-state index in [9.17, 15) is 4.79 Å². The lowest BCUT2D eigenvalue weighted by Crippen LogP contribution is -2.33. The first-order valence-corrected chi connectivity index (χ1v) is 8.15. The second-order valence-electron chi connectivity index (χ2n) is 6.02. The molecule has 2 unspecified atom stereocenters. The topological polar surface area (TPSA) is 53.2 Å². The van der Waals surface area contributed by atoms with Crippen molar-refractivity contribution in [2.24, 2.45) is 0 Å². The first-order valence-electron chi connectivity index (χ1n) is 8.15. The molecule has 1 aliphatic heterocycles. The quantitative estimate of drug-likeness (QED) is 0.796. The van der Waals surface area contributed by atoms with Crippen LogP contribution in [0.25, 0.3) is 0 Å². The predicted octanol–water partition coefficient (Wildman–Crippen LogP) is 2.95. The van der Waals surface area contributed by atoms with Crippen LogP contribution in [-0.2, 0) is 0 Å². The van der Waals surface area contributed by atoms with Gasteiger partial charge in [0.25, 0.3) is 5.91 Å². The minimum atomic E-state index is -0.0802. The highest BCUT2D eigenvalue weighted by atomic mass is 16.1. The van der Waals surface area contributed by atoms with Crippen LogP contribution >= 0.6 is 0 Å². The van der Waals surface area contributed by atoms with Crippen molar-refractivity contribution in [2.45, 2.75) is 25.4 Å². The summed E-state index contributed by atoms with van der Waals surface area (Å²) < 4.78 is 0. The van der Waals surface area contributed by atoms with Gasteiger partial charge in [-0.3, -0.25) is 4.79 Å². The lowest BCUT2D eigenvalue weighted by molar-refractivity contribution is 0.102. The van der Waals surface area contributed by atoms with Gasteiger partial charge >= 0.3 is 0 Å². The molecule has 2 atom stereocenters. The summed E-state index contributed by atoms with van der Waals surface area (Å²) in [6, 6.07) is 18.1. The van der Waals surface area contributed by atoms with E-state index in [1.54, 1.807) is 0 Å². The normalized spacial score (nSPS) is 18.6. The Hall–Kier alpha value is -2.17. The number of benzene rings is 2. The zero-order valence-corrected chi connectivity index (χ0v) is 13.4. The molecule has 1 aliphatic rings. The largest absolute Gasteiger partial charge is 0.322 e. The van der Waals surface area contributed by atoms with Gasteiger partial charge in [0.05, 0.1) is 0 Å². The molecule has 0 radical (unpaired) electrons. The Morgan fingerprint density at radius 3 is 2.74 bits per heavy atom. The standard InChI is InChI=1S/C19H23N3O/c1-14(21-18-10-11-20-13-18)16-8-5-9-17(12-16)22-19(23)15-6-3-2-4-7-15/h2-9,12,14,18,20-21H,10-11,13H2,1H3,(H,22,23). The number of nitrogens with one attached hydrogen (secondary N) is 3. The summed E-state index contributed by atoms with van der Waals surface area (Å²) in [5, 5.41) is 9.97. The van der Waals surface area contributed by atoms with E-state index in [2.05, 4.69) is 28.9 Å². The molecule has 23 heavy (non-hydrogen) atoms. The summed E-state index contributed by atoms with van der Waals surface area (Å²) in [6.45, 7) is 4.27. The van der Waals surface area contributed by atoms with Gasteiger partial charge in [0.15, 0.2) is 0 Å². The number of carbonyl (C=O) groups excluding carboxylic acids is 1. The molecule has 1 saturated heterocycles. The summed E-state index contributed by atoms with van der Waals surface area (Å²) in [6.07, 6.45) is 1.16. The Bertz CT molecular complexity index is 651. The second kappa shape index (κ2) is 7.40. The summed E-state index contributed by atoms with van der Waals surface area (Å²) in [5.41, 5.74) is 2.68. The van der Waals surface area contributed by atoms with Crippen molar-refractivity contribution >= 4 is 11.6 Å². The molecule has 1 heterocycles. The molecule has 0 aromatic heterocycles. The predicted molar refractivity (Wildman–Crippen MR) is 93.7 cm³/mol. The van der Waals surface area contributed by atoms with Gasteiger partial charge in [-0.05, 0) is 49.7 Å². The van der Waals surface area contributed by atoms with Gasteiger partial charge in [-0.2, -0.15) is 0 Å². The lowest BCUT2D eigenvalue weighted by Gasteiger charge is -2.19. The number of hydrogen-bond donors (Lipinski definition) is 3. The molecular weight excluding hydrogens is 286 g/mol. The highest BCUT2D eigenvalue weighted by Crippen LogP contribution is 2.19. The highest BCUT2D eigenvalue weighted by molar-refractivity contribution is 6.04. The fourth-order valence-corrected chi connectivity index (χ4v) is 2.93. The molecule has 0 saturated carbocycles. The first kappa shape index (κ1) is 15.7. The molecular formula is C19H23N3O. The van der Waals surface area contributed by atoms with Crippen LogP contribution in [0.3, 0.4) is 0 Å². The van der Waals surface area contributed by atoms with E-state index in [0.717, 1.165) is 25.2 Å². The van der Waals surface area contributed by atoms with E-state index in [0.29, 0.717) is 11.6 Å². The number of hydrogen-bond acceptors (Lipinski definition) is 3. The molecule has 4 heteroatoms. The minimum Gasteiger partial charge on any atom is -0.322 e. The minimum absolute atomic E-state index is 0.0802. The Kier molecular flexibility index (Phi) is 5.05. The summed E-state index contributed by atoms with van der Waals surface area (Å²) in [7, 11) is 0. The van der Waals surface area contributed by atoms with Gasteiger partial charge in [-0.15, -0.1) is 0 Å². The molecule has 1 fully saturated rings. The van der Waals surface area contributed by atoms with Crippen LogP contribution in [0, 0.1) is 0 Å². The summed E-state index contributed by atoms with van der Waals surface area (Å²) in [4.78, 5) is 12.2. The van der Waals surface area contributed by atoms with Crippen molar-refractivity contribution in [2.75, 3.05) is 18.4 Å².